The van der Waals surface area contributed by atoms with Crippen LogP contribution in [0.15, 0.2) is 12.3 Å². The number of ether oxygens (including phenoxy) is 1. The Morgan fingerprint density at radius 2 is 2.33 bits per heavy atom. The normalized spacial score (nSPS) is 42.3. The average Bonchev–Trinajstić information content (AvgIpc) is 1.83. The number of rotatable bonds is 0. The summed E-state index contributed by atoms with van der Waals surface area (Å²) < 4.78 is 17.3. The molecule has 0 aromatic rings. The molecular formula is C6H9FO2. The van der Waals surface area contributed by atoms with Gasteiger partial charge < -0.3 is 9.84 Å². The van der Waals surface area contributed by atoms with Crippen LogP contribution in [0.25, 0.3) is 0 Å². The summed E-state index contributed by atoms with van der Waals surface area (Å²) in [7, 11) is 0. The van der Waals surface area contributed by atoms with Gasteiger partial charge >= 0.3 is 0 Å². The van der Waals surface area contributed by atoms with E-state index in [0.717, 1.165) is 0 Å². The van der Waals surface area contributed by atoms with E-state index < -0.39 is 18.4 Å². The largest absolute Gasteiger partial charge is 0.495 e. The van der Waals surface area contributed by atoms with Crippen LogP contribution in [-0.2, 0) is 4.74 Å². The minimum Gasteiger partial charge on any atom is -0.495 e. The summed E-state index contributed by atoms with van der Waals surface area (Å²) in [6.07, 6.45) is -0.176. The predicted octanol–water partition coefficient (Wildman–Crippen LogP) is 0.618. The fourth-order valence-electron chi connectivity index (χ4n) is 0.709. The second-order valence-corrected chi connectivity index (χ2v) is 2.10. The number of aliphatic hydroxyl groups excluding tert-OH is 1. The number of hydrogen-bond donors (Lipinski definition) is 1. The zero-order chi connectivity index (χ0) is 6.85. The van der Waals surface area contributed by atoms with Crippen molar-refractivity contribution in [2.24, 2.45) is 0 Å². The number of hydrogen-bond acceptors (Lipinski definition) is 2. The molecule has 0 saturated heterocycles. The van der Waals surface area contributed by atoms with Crippen LogP contribution in [0.2, 0.25) is 0 Å². The van der Waals surface area contributed by atoms with Crippen molar-refractivity contribution in [2.45, 2.75) is 25.3 Å². The summed E-state index contributed by atoms with van der Waals surface area (Å²) in [6.45, 7) is 1.58. The molecule has 52 valence electrons. The molecule has 1 heterocycles. The maximum atomic E-state index is 12.5. The fraction of sp³-hybridized carbons (Fsp3) is 0.667. The molecule has 1 rings (SSSR count). The molecule has 0 aromatic heterocycles. The van der Waals surface area contributed by atoms with E-state index >= 15 is 0 Å². The summed E-state index contributed by atoms with van der Waals surface area (Å²) in [5.41, 5.74) is 0. The van der Waals surface area contributed by atoms with Gasteiger partial charge in [0.1, 0.15) is 12.2 Å². The van der Waals surface area contributed by atoms with Crippen LogP contribution in [0.5, 0.6) is 0 Å². The Bertz CT molecular complexity index is 124. The lowest BCUT2D eigenvalue weighted by atomic mass is 10.1. The first-order valence-electron chi connectivity index (χ1n) is 2.86. The fourth-order valence-corrected chi connectivity index (χ4v) is 0.709. The highest BCUT2D eigenvalue weighted by Gasteiger charge is 2.26. The van der Waals surface area contributed by atoms with E-state index in [0.29, 0.717) is 0 Å². The quantitative estimate of drug-likeness (QED) is 0.523. The minimum atomic E-state index is -1.28. The lowest BCUT2D eigenvalue weighted by Crippen LogP contribution is -2.34. The second kappa shape index (κ2) is 2.35. The molecule has 3 unspecified atom stereocenters. The molecule has 3 heteroatoms. The van der Waals surface area contributed by atoms with Crippen molar-refractivity contribution >= 4 is 0 Å². The van der Waals surface area contributed by atoms with E-state index in [9.17, 15) is 4.39 Å². The Kier molecular flexibility index (Phi) is 1.71. The molecule has 0 aromatic carbocycles. The van der Waals surface area contributed by atoms with Gasteiger partial charge in [0, 0.05) is 0 Å². The van der Waals surface area contributed by atoms with E-state index in [2.05, 4.69) is 0 Å². The lowest BCUT2D eigenvalue weighted by molar-refractivity contribution is -0.00780. The third-order valence-electron chi connectivity index (χ3n) is 1.34. The average molecular weight is 132 g/mol. The molecular weight excluding hydrogens is 123 g/mol. The smallest absolute Gasteiger partial charge is 0.166 e. The van der Waals surface area contributed by atoms with Crippen molar-refractivity contribution in [3.8, 4) is 0 Å². The van der Waals surface area contributed by atoms with Gasteiger partial charge in [0.05, 0.1) is 6.26 Å². The summed E-state index contributed by atoms with van der Waals surface area (Å²) in [5, 5.41) is 8.81. The minimum absolute atomic E-state index is 0.523. The van der Waals surface area contributed by atoms with Crippen molar-refractivity contribution in [3.05, 3.63) is 12.3 Å². The number of halogens is 1. The maximum Gasteiger partial charge on any atom is 0.166 e. The Hall–Kier alpha value is -0.570. The van der Waals surface area contributed by atoms with Crippen LogP contribution in [-0.4, -0.2) is 23.5 Å². The van der Waals surface area contributed by atoms with Gasteiger partial charge in [0.2, 0.25) is 0 Å². The van der Waals surface area contributed by atoms with Gasteiger partial charge in [-0.2, -0.15) is 0 Å². The van der Waals surface area contributed by atoms with E-state index in [1.54, 1.807) is 6.92 Å². The molecule has 9 heavy (non-hydrogen) atoms. The maximum absolute atomic E-state index is 12.5. The Morgan fingerprint density at radius 1 is 1.67 bits per heavy atom. The molecule has 0 spiro atoms. The highest BCUT2D eigenvalue weighted by Crippen LogP contribution is 2.14. The van der Waals surface area contributed by atoms with Gasteiger partial charge in [-0.1, -0.05) is 0 Å². The molecule has 0 saturated carbocycles. The predicted molar refractivity (Wildman–Crippen MR) is 30.6 cm³/mol. The summed E-state index contributed by atoms with van der Waals surface area (Å²) in [4.78, 5) is 0. The van der Waals surface area contributed by atoms with E-state index in [-0.39, 0.29) is 0 Å². The van der Waals surface area contributed by atoms with Gasteiger partial charge in [-0.15, -0.1) is 0 Å². The first-order chi connectivity index (χ1) is 4.22. The molecule has 0 radical (unpaired) electrons. The molecule has 1 N–H and O–H groups in total. The lowest BCUT2D eigenvalue weighted by Gasteiger charge is -2.23. The van der Waals surface area contributed by atoms with E-state index in [1.165, 1.54) is 12.3 Å². The SMILES string of the molecule is CC1OC=CC(O)C1F. The van der Waals surface area contributed by atoms with Gasteiger partial charge in [-0.05, 0) is 13.0 Å². The summed E-state index contributed by atoms with van der Waals surface area (Å²) in [6, 6.07) is 0. The molecule has 2 nitrogen and oxygen atoms in total. The number of aliphatic hydroxyl groups is 1. The van der Waals surface area contributed by atoms with Gasteiger partial charge in [-0.3, -0.25) is 0 Å². The van der Waals surface area contributed by atoms with E-state index in [1.807, 2.05) is 0 Å². The molecule has 1 aliphatic rings. The van der Waals surface area contributed by atoms with Gasteiger partial charge in [0.15, 0.2) is 6.17 Å². The molecule has 0 aliphatic carbocycles. The first kappa shape index (κ1) is 6.55. The number of alkyl halides is 1. The van der Waals surface area contributed by atoms with Crippen LogP contribution in [0, 0.1) is 0 Å². The topological polar surface area (TPSA) is 29.5 Å². The van der Waals surface area contributed by atoms with Crippen molar-refractivity contribution in [1.29, 1.82) is 0 Å². The third kappa shape index (κ3) is 1.21. The van der Waals surface area contributed by atoms with Crippen LogP contribution < -0.4 is 0 Å². The zero-order valence-electron chi connectivity index (χ0n) is 5.12. The third-order valence-corrected chi connectivity index (χ3v) is 1.34. The molecule has 3 atom stereocenters. The Labute approximate surface area is 52.9 Å². The molecule has 0 fully saturated rings. The standard InChI is InChI=1S/C6H9FO2/c1-4-6(7)5(8)2-3-9-4/h2-6,8H,1H3. The van der Waals surface area contributed by atoms with Crippen LogP contribution >= 0.6 is 0 Å². The van der Waals surface area contributed by atoms with Gasteiger partial charge in [-0.25, -0.2) is 4.39 Å². The first-order valence-corrected chi connectivity index (χ1v) is 2.86. The summed E-state index contributed by atoms with van der Waals surface area (Å²) >= 11 is 0. The zero-order valence-corrected chi connectivity index (χ0v) is 5.12. The van der Waals surface area contributed by atoms with Crippen LogP contribution in [0.4, 0.5) is 4.39 Å². The van der Waals surface area contributed by atoms with Crippen LogP contribution in [0.3, 0.4) is 0 Å². The summed E-state index contributed by atoms with van der Waals surface area (Å²) in [5.74, 6) is 0. The van der Waals surface area contributed by atoms with Crippen LogP contribution in [0.1, 0.15) is 6.92 Å². The molecule has 0 bridgehead atoms. The second-order valence-electron chi connectivity index (χ2n) is 2.10. The van der Waals surface area contributed by atoms with E-state index in [4.69, 9.17) is 9.84 Å². The van der Waals surface area contributed by atoms with Crippen molar-refractivity contribution < 1.29 is 14.2 Å². The highest BCUT2D eigenvalue weighted by molar-refractivity contribution is 4.95. The highest BCUT2D eigenvalue weighted by atomic mass is 19.1. The Balaban J connectivity index is 2.58. The van der Waals surface area contributed by atoms with Crippen molar-refractivity contribution in [2.75, 3.05) is 0 Å². The van der Waals surface area contributed by atoms with Gasteiger partial charge in [0.25, 0.3) is 0 Å². The van der Waals surface area contributed by atoms with Crippen molar-refractivity contribution in [1.82, 2.24) is 0 Å². The monoisotopic (exact) mass is 132 g/mol. The van der Waals surface area contributed by atoms with Crippen molar-refractivity contribution in [3.63, 3.8) is 0 Å². The molecule has 0 amide bonds. The Morgan fingerprint density at radius 3 is 2.78 bits per heavy atom. The molecule has 1 aliphatic heterocycles.